The summed E-state index contributed by atoms with van der Waals surface area (Å²) in [7, 11) is 0. The molecule has 0 aromatic heterocycles. The van der Waals surface area contributed by atoms with Gasteiger partial charge >= 0.3 is 0 Å². The monoisotopic (exact) mass is 189 g/mol. The zero-order chi connectivity index (χ0) is 8.86. The Morgan fingerprint density at radius 3 is 3.00 bits per heavy atom. The van der Waals surface area contributed by atoms with Gasteiger partial charge in [-0.25, -0.2) is 0 Å². The number of nitrogens with two attached hydrogens (primary N) is 1. The maximum atomic E-state index is 6.17. The van der Waals surface area contributed by atoms with Crippen molar-refractivity contribution < 1.29 is 4.74 Å². The topological polar surface area (TPSA) is 35.2 Å². The van der Waals surface area contributed by atoms with Gasteiger partial charge in [0, 0.05) is 12.1 Å². The third-order valence-corrected chi connectivity index (χ3v) is 3.07. The first-order valence-corrected chi connectivity index (χ1v) is 6.02. The van der Waals surface area contributed by atoms with Crippen molar-refractivity contribution in [1.29, 1.82) is 0 Å². The molecule has 1 aliphatic rings. The van der Waals surface area contributed by atoms with Crippen molar-refractivity contribution in [1.82, 2.24) is 0 Å². The van der Waals surface area contributed by atoms with Gasteiger partial charge in [-0.3, -0.25) is 0 Å². The summed E-state index contributed by atoms with van der Waals surface area (Å²) >= 11 is 1.89. The lowest BCUT2D eigenvalue weighted by molar-refractivity contribution is 0.0343. The molecule has 0 saturated carbocycles. The molecule has 0 aromatic carbocycles. The average Bonchev–Trinajstić information content (AvgIpc) is 2.06. The summed E-state index contributed by atoms with van der Waals surface area (Å²) in [5.41, 5.74) is 6.16. The lowest BCUT2D eigenvalue weighted by atomic mass is 9.89. The van der Waals surface area contributed by atoms with Crippen LogP contribution in [0.3, 0.4) is 0 Å². The van der Waals surface area contributed by atoms with Gasteiger partial charge in [-0.2, -0.15) is 11.8 Å². The molecule has 3 heteroatoms. The molecule has 72 valence electrons. The maximum absolute atomic E-state index is 6.17. The molecule has 0 aromatic rings. The average molecular weight is 189 g/mol. The SMILES string of the molecule is CSCCCC1(N)CCCOC1. The van der Waals surface area contributed by atoms with E-state index < -0.39 is 0 Å². The minimum absolute atomic E-state index is 0.00597. The maximum Gasteiger partial charge on any atom is 0.0646 e. The van der Waals surface area contributed by atoms with Gasteiger partial charge in [-0.1, -0.05) is 0 Å². The summed E-state index contributed by atoms with van der Waals surface area (Å²) in [5, 5.41) is 0. The van der Waals surface area contributed by atoms with E-state index in [9.17, 15) is 0 Å². The predicted molar refractivity (Wildman–Crippen MR) is 54.6 cm³/mol. The van der Waals surface area contributed by atoms with Crippen molar-refractivity contribution in [3.05, 3.63) is 0 Å². The van der Waals surface area contributed by atoms with Crippen LogP contribution >= 0.6 is 11.8 Å². The Morgan fingerprint density at radius 2 is 2.42 bits per heavy atom. The summed E-state index contributed by atoms with van der Waals surface area (Å²) in [4.78, 5) is 0. The second-order valence-electron chi connectivity index (χ2n) is 3.61. The van der Waals surface area contributed by atoms with Crippen LogP contribution in [0.5, 0.6) is 0 Å². The fraction of sp³-hybridized carbons (Fsp3) is 1.00. The van der Waals surface area contributed by atoms with Crippen molar-refractivity contribution >= 4 is 11.8 Å². The van der Waals surface area contributed by atoms with Crippen LogP contribution < -0.4 is 5.73 Å². The molecule has 1 rings (SSSR count). The Labute approximate surface area is 79.2 Å². The first-order chi connectivity index (χ1) is 5.77. The molecule has 0 aliphatic carbocycles. The molecule has 0 bridgehead atoms. The van der Waals surface area contributed by atoms with Crippen molar-refractivity contribution in [2.24, 2.45) is 5.73 Å². The molecular formula is C9H19NOS. The summed E-state index contributed by atoms with van der Waals surface area (Å²) in [5.74, 6) is 1.22. The van der Waals surface area contributed by atoms with Gasteiger partial charge in [0.2, 0.25) is 0 Å². The molecule has 0 amide bonds. The van der Waals surface area contributed by atoms with Crippen LogP contribution in [0.15, 0.2) is 0 Å². The minimum Gasteiger partial charge on any atom is -0.380 e. The molecule has 1 fully saturated rings. The summed E-state index contributed by atoms with van der Waals surface area (Å²) < 4.78 is 5.38. The van der Waals surface area contributed by atoms with Crippen LogP contribution in [0.2, 0.25) is 0 Å². The number of ether oxygens (including phenoxy) is 1. The van der Waals surface area contributed by atoms with Gasteiger partial charge in [0.15, 0.2) is 0 Å². The summed E-state index contributed by atoms with van der Waals surface area (Å²) in [6.07, 6.45) is 6.76. The normalized spacial score (nSPS) is 30.5. The molecule has 2 nitrogen and oxygen atoms in total. The van der Waals surface area contributed by atoms with Crippen LogP contribution in [0.25, 0.3) is 0 Å². The van der Waals surface area contributed by atoms with E-state index in [2.05, 4.69) is 6.26 Å². The molecule has 1 atom stereocenters. The summed E-state index contributed by atoms with van der Waals surface area (Å²) in [6.45, 7) is 1.67. The number of hydrogen-bond acceptors (Lipinski definition) is 3. The van der Waals surface area contributed by atoms with Crippen molar-refractivity contribution in [2.45, 2.75) is 31.2 Å². The van der Waals surface area contributed by atoms with Crippen molar-refractivity contribution in [3.63, 3.8) is 0 Å². The van der Waals surface area contributed by atoms with Gasteiger partial charge in [-0.05, 0) is 37.7 Å². The molecule has 0 spiro atoms. The second kappa shape index (κ2) is 5.10. The van der Waals surface area contributed by atoms with Crippen LogP contribution in [-0.2, 0) is 4.74 Å². The van der Waals surface area contributed by atoms with E-state index in [0.29, 0.717) is 0 Å². The van der Waals surface area contributed by atoms with Gasteiger partial charge in [0.1, 0.15) is 0 Å². The van der Waals surface area contributed by atoms with E-state index in [1.807, 2.05) is 11.8 Å². The molecule has 1 unspecified atom stereocenters. The minimum atomic E-state index is -0.00597. The third-order valence-electron chi connectivity index (χ3n) is 2.38. The zero-order valence-electron chi connectivity index (χ0n) is 7.84. The second-order valence-corrected chi connectivity index (χ2v) is 4.60. The van der Waals surface area contributed by atoms with E-state index in [1.54, 1.807) is 0 Å². The lowest BCUT2D eigenvalue weighted by Crippen LogP contribution is -2.47. The fourth-order valence-corrected chi connectivity index (χ4v) is 2.07. The van der Waals surface area contributed by atoms with E-state index >= 15 is 0 Å². The van der Waals surface area contributed by atoms with Gasteiger partial charge in [-0.15, -0.1) is 0 Å². The highest BCUT2D eigenvalue weighted by atomic mass is 32.2. The van der Waals surface area contributed by atoms with Crippen molar-refractivity contribution in [3.8, 4) is 0 Å². The standard InChI is InChI=1S/C9H19NOS/c1-12-7-3-5-9(10)4-2-6-11-8-9/h2-8,10H2,1H3. The number of thioether (sulfide) groups is 1. The molecule has 1 aliphatic heterocycles. The molecule has 0 radical (unpaired) electrons. The van der Waals surface area contributed by atoms with Gasteiger partial charge < -0.3 is 10.5 Å². The van der Waals surface area contributed by atoms with Crippen molar-refractivity contribution in [2.75, 3.05) is 25.2 Å². The Bertz CT molecular complexity index is 124. The van der Waals surface area contributed by atoms with Crippen LogP contribution in [0.4, 0.5) is 0 Å². The van der Waals surface area contributed by atoms with Crippen LogP contribution in [-0.4, -0.2) is 30.8 Å². The quantitative estimate of drug-likeness (QED) is 0.683. The Kier molecular flexibility index (Phi) is 4.40. The molecule has 1 saturated heterocycles. The predicted octanol–water partition coefficient (Wildman–Crippen LogP) is 1.64. The van der Waals surface area contributed by atoms with Gasteiger partial charge in [0.25, 0.3) is 0 Å². The largest absolute Gasteiger partial charge is 0.380 e. The third kappa shape index (κ3) is 3.33. The van der Waals surface area contributed by atoms with E-state index in [4.69, 9.17) is 10.5 Å². The van der Waals surface area contributed by atoms with Crippen LogP contribution in [0, 0.1) is 0 Å². The van der Waals surface area contributed by atoms with Crippen LogP contribution in [0.1, 0.15) is 25.7 Å². The first-order valence-electron chi connectivity index (χ1n) is 4.62. The lowest BCUT2D eigenvalue weighted by Gasteiger charge is -2.33. The Hall–Kier alpha value is 0.270. The Balaban J connectivity index is 2.17. The molecule has 1 heterocycles. The van der Waals surface area contributed by atoms with E-state index in [1.165, 1.54) is 12.2 Å². The Morgan fingerprint density at radius 1 is 1.58 bits per heavy atom. The first kappa shape index (κ1) is 10.4. The van der Waals surface area contributed by atoms with E-state index in [-0.39, 0.29) is 5.54 Å². The number of rotatable bonds is 4. The zero-order valence-corrected chi connectivity index (χ0v) is 8.66. The summed E-state index contributed by atoms with van der Waals surface area (Å²) in [6, 6.07) is 0. The molecular weight excluding hydrogens is 170 g/mol. The van der Waals surface area contributed by atoms with Gasteiger partial charge in [0.05, 0.1) is 6.61 Å². The molecule has 2 N–H and O–H groups in total. The highest BCUT2D eigenvalue weighted by Gasteiger charge is 2.27. The highest BCUT2D eigenvalue weighted by molar-refractivity contribution is 7.98. The fourth-order valence-electron chi connectivity index (χ4n) is 1.64. The van der Waals surface area contributed by atoms with E-state index in [0.717, 1.165) is 32.5 Å². The highest BCUT2D eigenvalue weighted by Crippen LogP contribution is 2.21. The smallest absolute Gasteiger partial charge is 0.0646 e. The molecule has 12 heavy (non-hydrogen) atoms. The number of hydrogen-bond donors (Lipinski definition) is 1.